The highest BCUT2D eigenvalue weighted by molar-refractivity contribution is 6.16. The number of anilines is 3. The predicted molar refractivity (Wildman–Crippen MR) is 237 cm³/mol. The van der Waals surface area contributed by atoms with E-state index in [4.69, 9.17) is 8.83 Å². The molecule has 0 unspecified atom stereocenters. The maximum atomic E-state index is 6.54. The highest BCUT2D eigenvalue weighted by atomic mass is 16.3. The van der Waals surface area contributed by atoms with Crippen molar-refractivity contribution in [1.82, 2.24) is 0 Å². The summed E-state index contributed by atoms with van der Waals surface area (Å²) in [5.74, 6) is 0. The van der Waals surface area contributed by atoms with Gasteiger partial charge in [0.2, 0.25) is 0 Å². The molecule has 0 bridgehead atoms. The van der Waals surface area contributed by atoms with E-state index in [0.29, 0.717) is 0 Å². The summed E-state index contributed by atoms with van der Waals surface area (Å²) in [6, 6.07) is 72.5. The van der Waals surface area contributed by atoms with Gasteiger partial charge < -0.3 is 13.7 Å². The van der Waals surface area contributed by atoms with E-state index in [2.05, 4.69) is 193 Å². The molecular formula is C55H33NO2. The van der Waals surface area contributed by atoms with Crippen molar-refractivity contribution in [3.63, 3.8) is 0 Å². The van der Waals surface area contributed by atoms with E-state index in [1.165, 1.54) is 44.5 Å². The van der Waals surface area contributed by atoms with Crippen molar-refractivity contribution in [2.75, 3.05) is 4.90 Å². The van der Waals surface area contributed by atoms with Crippen LogP contribution in [0, 0.1) is 0 Å². The molecule has 13 rings (SSSR count). The normalized spacial score (nSPS) is 13.3. The van der Waals surface area contributed by atoms with E-state index in [9.17, 15) is 0 Å². The van der Waals surface area contributed by atoms with Gasteiger partial charge in [0, 0.05) is 27.4 Å². The van der Waals surface area contributed by atoms with Gasteiger partial charge in [0.25, 0.3) is 0 Å². The average molecular weight is 740 g/mol. The fourth-order valence-corrected chi connectivity index (χ4v) is 10.5. The van der Waals surface area contributed by atoms with Crippen molar-refractivity contribution in [2.24, 2.45) is 0 Å². The van der Waals surface area contributed by atoms with Gasteiger partial charge in [-0.15, -0.1) is 0 Å². The Bertz CT molecular complexity index is 3450. The molecule has 0 aliphatic heterocycles. The van der Waals surface area contributed by atoms with Gasteiger partial charge in [-0.25, -0.2) is 0 Å². The second-order valence-corrected chi connectivity index (χ2v) is 15.5. The molecule has 9 aromatic carbocycles. The molecule has 0 fully saturated rings. The third kappa shape index (κ3) is 4.07. The third-order valence-electron chi connectivity index (χ3n) is 12.7. The summed E-state index contributed by atoms with van der Waals surface area (Å²) in [5, 5.41) is 4.38. The number of nitrogens with zero attached hydrogens (tertiary/aromatic N) is 1. The molecule has 0 radical (unpaired) electrons. The van der Waals surface area contributed by atoms with Gasteiger partial charge in [-0.1, -0.05) is 152 Å². The topological polar surface area (TPSA) is 29.5 Å². The molecule has 2 aromatic heterocycles. The Labute approximate surface area is 334 Å². The van der Waals surface area contributed by atoms with Crippen molar-refractivity contribution >= 4 is 60.9 Å². The lowest BCUT2D eigenvalue weighted by Gasteiger charge is -2.31. The first-order chi connectivity index (χ1) is 28.8. The van der Waals surface area contributed by atoms with E-state index >= 15 is 0 Å². The minimum atomic E-state index is -0.418. The highest BCUT2D eigenvalue weighted by Gasteiger charge is 2.51. The zero-order chi connectivity index (χ0) is 38.0. The van der Waals surface area contributed by atoms with E-state index in [-0.39, 0.29) is 0 Å². The van der Waals surface area contributed by atoms with Crippen molar-refractivity contribution in [3.05, 3.63) is 222 Å². The smallest absolute Gasteiger partial charge is 0.137 e. The quantitative estimate of drug-likeness (QED) is 0.180. The molecule has 2 aliphatic carbocycles. The second-order valence-electron chi connectivity index (χ2n) is 15.5. The van der Waals surface area contributed by atoms with E-state index in [0.717, 1.165) is 72.1 Å². The minimum absolute atomic E-state index is 0.418. The maximum absolute atomic E-state index is 6.54. The number of hydrogen-bond acceptors (Lipinski definition) is 3. The molecule has 0 saturated carbocycles. The Hall–Kier alpha value is -7.62. The first-order valence-corrected chi connectivity index (χ1v) is 19.9. The van der Waals surface area contributed by atoms with Crippen LogP contribution in [0.5, 0.6) is 0 Å². The summed E-state index contributed by atoms with van der Waals surface area (Å²) in [6.07, 6.45) is 0. The summed E-state index contributed by atoms with van der Waals surface area (Å²) in [5.41, 5.74) is 18.9. The van der Waals surface area contributed by atoms with Crippen LogP contribution in [0.15, 0.2) is 209 Å². The van der Waals surface area contributed by atoms with Crippen LogP contribution in [0.25, 0.3) is 77.3 Å². The summed E-state index contributed by atoms with van der Waals surface area (Å²) in [7, 11) is 0. The van der Waals surface area contributed by atoms with Crippen LogP contribution >= 0.6 is 0 Å². The number of fused-ring (bicyclic) bond motifs is 16. The first kappa shape index (κ1) is 31.6. The van der Waals surface area contributed by atoms with Crippen LogP contribution in [0.3, 0.4) is 0 Å². The Morgan fingerprint density at radius 1 is 0.310 bits per heavy atom. The van der Waals surface area contributed by atoms with E-state index in [1.807, 2.05) is 12.1 Å². The third-order valence-corrected chi connectivity index (χ3v) is 12.7. The molecule has 0 amide bonds. The first-order valence-electron chi connectivity index (χ1n) is 19.9. The van der Waals surface area contributed by atoms with Gasteiger partial charge in [0.1, 0.15) is 22.3 Å². The zero-order valence-corrected chi connectivity index (χ0v) is 31.3. The summed E-state index contributed by atoms with van der Waals surface area (Å²) < 4.78 is 13.0. The highest BCUT2D eigenvalue weighted by Crippen LogP contribution is 2.63. The SMILES string of the molecule is c1ccc(N(c2ccc3c(c2)-c2ccccc2C32c3ccccc3-c3ccccc32)c2cccc3oc4ccccc4c23)c(-c2cccc3oc4ccccc4c23)c1. The van der Waals surface area contributed by atoms with Crippen LogP contribution in [0.1, 0.15) is 22.3 Å². The molecule has 11 aromatic rings. The molecule has 58 heavy (non-hydrogen) atoms. The van der Waals surface area contributed by atoms with Gasteiger partial charge in [0.05, 0.1) is 22.2 Å². The largest absolute Gasteiger partial charge is 0.456 e. The molecule has 0 N–H and O–H groups in total. The molecule has 2 heterocycles. The van der Waals surface area contributed by atoms with Gasteiger partial charge in [-0.2, -0.15) is 0 Å². The lowest BCUT2D eigenvalue weighted by molar-refractivity contribution is 0.668. The molecule has 0 saturated heterocycles. The van der Waals surface area contributed by atoms with Crippen molar-refractivity contribution in [1.29, 1.82) is 0 Å². The minimum Gasteiger partial charge on any atom is -0.456 e. The van der Waals surface area contributed by atoms with Gasteiger partial charge in [0.15, 0.2) is 0 Å². The van der Waals surface area contributed by atoms with Gasteiger partial charge >= 0.3 is 0 Å². The van der Waals surface area contributed by atoms with Gasteiger partial charge in [-0.3, -0.25) is 0 Å². The monoisotopic (exact) mass is 739 g/mol. The Balaban J connectivity index is 1.12. The molecular weight excluding hydrogens is 707 g/mol. The summed E-state index contributed by atoms with van der Waals surface area (Å²) >= 11 is 0. The van der Waals surface area contributed by atoms with Crippen LogP contribution < -0.4 is 4.90 Å². The van der Waals surface area contributed by atoms with Crippen molar-refractivity contribution in [3.8, 4) is 33.4 Å². The summed E-state index contributed by atoms with van der Waals surface area (Å²) in [4.78, 5) is 2.45. The fourth-order valence-electron chi connectivity index (χ4n) is 10.5. The Morgan fingerprint density at radius 2 is 0.759 bits per heavy atom. The Morgan fingerprint density at radius 3 is 1.43 bits per heavy atom. The number of para-hydroxylation sites is 3. The molecule has 1 spiro atoms. The average Bonchev–Trinajstić information content (AvgIpc) is 4.02. The van der Waals surface area contributed by atoms with Crippen molar-refractivity contribution in [2.45, 2.75) is 5.41 Å². The molecule has 0 atom stereocenters. The predicted octanol–water partition coefficient (Wildman–Crippen LogP) is 15.0. The van der Waals surface area contributed by atoms with Crippen molar-refractivity contribution < 1.29 is 8.83 Å². The number of benzene rings is 9. The lowest BCUT2D eigenvalue weighted by Crippen LogP contribution is -2.25. The van der Waals surface area contributed by atoms with Crippen LogP contribution in [-0.2, 0) is 5.41 Å². The van der Waals surface area contributed by atoms with Crippen LogP contribution in [0.4, 0.5) is 17.1 Å². The molecule has 270 valence electrons. The Kier molecular flexibility index (Phi) is 6.37. The lowest BCUT2D eigenvalue weighted by atomic mass is 9.70. The van der Waals surface area contributed by atoms with Gasteiger partial charge in [-0.05, 0) is 98.6 Å². The van der Waals surface area contributed by atoms with E-state index in [1.54, 1.807) is 0 Å². The molecule has 3 heteroatoms. The number of furan rings is 2. The summed E-state index contributed by atoms with van der Waals surface area (Å²) in [6.45, 7) is 0. The fraction of sp³-hybridized carbons (Fsp3) is 0.0182. The molecule has 2 aliphatic rings. The van der Waals surface area contributed by atoms with Crippen LogP contribution in [-0.4, -0.2) is 0 Å². The zero-order valence-electron chi connectivity index (χ0n) is 31.3. The number of rotatable bonds is 4. The van der Waals surface area contributed by atoms with Crippen LogP contribution in [0.2, 0.25) is 0 Å². The van der Waals surface area contributed by atoms with E-state index < -0.39 is 5.41 Å². The molecule has 3 nitrogen and oxygen atoms in total. The second kappa shape index (κ2) is 11.7. The maximum Gasteiger partial charge on any atom is 0.137 e. The standard InChI is InChI=1S/C55H33NO2/c1-7-22-43-35(15-1)36-16-2-8-23-44(36)55(43)45-24-9-3-17-37(45)42-33-34(31-32-46(42)55)56(48-26-14-30-52-54(48)41-20-6-12-28-50(41)58-52)47-25-10-4-18-38(47)39-21-13-29-51-53(39)40-19-5-11-27-49(40)57-51/h1-33H. The number of hydrogen-bond donors (Lipinski definition) is 0.